The number of amides is 1. The highest BCUT2D eigenvalue weighted by atomic mass is 31.2. The van der Waals surface area contributed by atoms with Crippen LogP contribution in [-0.2, 0) is 70.0 Å². The maximum atomic E-state index is 14.3. The Balaban J connectivity index is 0.791. The van der Waals surface area contributed by atoms with Crippen molar-refractivity contribution < 1.29 is 97.4 Å². The molecular weight excluding hydrogens is 1110 g/mol. The first kappa shape index (κ1) is 59.3. The van der Waals surface area contributed by atoms with Crippen molar-refractivity contribution in [3.8, 4) is 5.75 Å². The molecule has 30 nitrogen and oxygen atoms in total. The van der Waals surface area contributed by atoms with Crippen molar-refractivity contribution in [2.45, 2.75) is 68.8 Å². The zero-order valence-electron chi connectivity index (χ0n) is 42.2. The molecule has 4 unspecified atom stereocenters. The van der Waals surface area contributed by atoms with Crippen LogP contribution in [0.5, 0.6) is 5.75 Å². The summed E-state index contributed by atoms with van der Waals surface area (Å²) < 4.78 is 154. The highest BCUT2D eigenvalue weighted by molar-refractivity contribution is 7.53. The summed E-state index contributed by atoms with van der Waals surface area (Å²) >= 11 is 0. The Morgan fingerprint density at radius 2 is 1.13 bits per heavy atom. The second kappa shape index (κ2) is 25.7. The number of benzene rings is 1. The number of nitrogens with zero attached hydrogens (tertiary/aromatic N) is 6. The lowest BCUT2D eigenvalue weighted by Gasteiger charge is -2.30. The van der Waals surface area contributed by atoms with Gasteiger partial charge in [-0.2, -0.15) is 18.7 Å². The lowest BCUT2D eigenvalue weighted by molar-refractivity contribution is -0.136. The number of anilines is 2. The first-order chi connectivity index (χ1) is 37.6. The molecule has 1 amide bonds. The van der Waals surface area contributed by atoms with Crippen molar-refractivity contribution in [1.82, 2.24) is 44.4 Å². The number of rotatable bonds is 22. The second-order valence-corrected chi connectivity index (χ2v) is 21.8. The van der Waals surface area contributed by atoms with E-state index in [1.54, 1.807) is 0 Å². The largest absolute Gasteiger partial charge is 0.420 e. The number of carbonyl (C=O) groups is 2. The molecule has 4 aromatic heterocycles. The fraction of sp³-hybridized carbons (Fsp3) is 0.581. The average Bonchev–Trinajstić information content (AvgIpc) is 4.26. The van der Waals surface area contributed by atoms with Gasteiger partial charge in [0, 0.05) is 25.3 Å². The van der Waals surface area contributed by atoms with Crippen molar-refractivity contribution in [1.29, 1.82) is 0 Å². The van der Waals surface area contributed by atoms with Gasteiger partial charge in [-0.15, -0.1) is 0 Å². The number of aliphatic hydroxyl groups is 1. The molecule has 0 aliphatic carbocycles. The Hall–Kier alpha value is -5.84. The van der Waals surface area contributed by atoms with E-state index < -0.39 is 141 Å². The molecule has 3 aliphatic rings. The molecule has 5 aromatic rings. The van der Waals surface area contributed by atoms with Crippen LogP contribution in [0.3, 0.4) is 0 Å². The predicted octanol–water partition coefficient (Wildman–Crippen LogP) is 0.854. The molecule has 434 valence electrons. The number of nitrogen functional groups attached to an aromatic ring is 2. The molecule has 0 radical (unpaired) electrons. The van der Waals surface area contributed by atoms with Crippen molar-refractivity contribution in [2.75, 3.05) is 104 Å². The fourth-order valence-corrected chi connectivity index (χ4v) is 10.7. The number of aliphatic hydroxyl groups excluding tert-OH is 1. The van der Waals surface area contributed by atoms with Crippen LogP contribution in [0.25, 0.3) is 22.3 Å². The lowest BCUT2D eigenvalue weighted by atomic mass is 10.1. The Labute approximate surface area is 443 Å². The van der Waals surface area contributed by atoms with Crippen LogP contribution in [0, 0.1) is 30.2 Å². The minimum atomic E-state index is -4.24. The number of carbonyl (C=O) groups excluding carboxylic acids is 2. The Kier molecular flexibility index (Phi) is 19.3. The van der Waals surface area contributed by atoms with Gasteiger partial charge in [0.25, 0.3) is 11.1 Å². The van der Waals surface area contributed by atoms with E-state index in [0.717, 1.165) is 20.3 Å². The molecule has 3 aliphatic heterocycles. The number of esters is 1. The molecule has 0 bridgehead atoms. The van der Waals surface area contributed by atoms with Crippen LogP contribution in [0.2, 0.25) is 0 Å². The predicted molar refractivity (Wildman–Crippen MR) is 260 cm³/mol. The molecule has 0 saturated carbocycles. The van der Waals surface area contributed by atoms with Gasteiger partial charge >= 0.3 is 21.2 Å². The number of aromatic nitrogens is 8. The van der Waals surface area contributed by atoms with Crippen molar-refractivity contribution in [3.05, 3.63) is 62.2 Å². The normalized spacial score (nSPS) is 26.4. The minimum Gasteiger partial charge on any atom is -0.420 e. The molecule has 0 spiro atoms. The van der Waals surface area contributed by atoms with E-state index in [2.05, 4.69) is 40.0 Å². The van der Waals surface area contributed by atoms with E-state index in [9.17, 15) is 51.0 Å². The average molecular weight is 1170 g/mol. The number of ether oxygens (including phenoxy) is 8. The molecule has 10 atom stereocenters. The number of fused-ring (bicyclic) bond motifs is 4. The van der Waals surface area contributed by atoms with E-state index >= 15 is 0 Å². The molecule has 3 saturated heterocycles. The van der Waals surface area contributed by atoms with Crippen molar-refractivity contribution in [2.24, 2.45) is 0 Å². The standard InChI is InChI=1S/C43H55F4N11O19P2/c1-20-25(44)27(46)35(28(47)26(20)45)75-24(60)5-7-67-9-11-69-13-15-70-14-12-68-10-8-66-6-4-23(59)52-29-33-21(73-40(29)57-18-50-30-36(57)53-42(48)55-38(30)62)16-71-79(3,65)77-34-22(17-72-78(2,64)76-33)74-41(32(34)61)58-19-51-31-37(58)54-43(49)56-39(31)63/h18-19,21-22,29,32-34,40-41,61H,4-17H2,1-3H3,(H,52,59)(H3,48,53,55,62)(H3,49,54,56,63)/t21-,22-,29+,32+,33?,34?,40-,41-,78?,79?/m1/s1. The molecule has 7 heterocycles. The maximum Gasteiger partial charge on any atom is 0.328 e. The van der Waals surface area contributed by atoms with E-state index in [1.807, 2.05) is 0 Å². The zero-order chi connectivity index (χ0) is 56.8. The van der Waals surface area contributed by atoms with Gasteiger partial charge in [-0.3, -0.25) is 51.9 Å². The lowest BCUT2D eigenvalue weighted by Crippen LogP contribution is -2.48. The number of imidazole rings is 2. The van der Waals surface area contributed by atoms with E-state index in [4.69, 9.17) is 62.7 Å². The molecule has 79 heavy (non-hydrogen) atoms. The van der Waals surface area contributed by atoms with Crippen LogP contribution in [-0.4, -0.2) is 185 Å². The Morgan fingerprint density at radius 3 is 1.63 bits per heavy atom. The third-order valence-corrected chi connectivity index (χ3v) is 14.6. The maximum absolute atomic E-state index is 14.3. The summed E-state index contributed by atoms with van der Waals surface area (Å²) in [5.41, 5.74) is 9.01. The fourth-order valence-electron chi connectivity index (χ4n) is 8.32. The molecule has 36 heteroatoms. The van der Waals surface area contributed by atoms with Crippen LogP contribution in [0.4, 0.5) is 29.5 Å². The third-order valence-electron chi connectivity index (χ3n) is 12.1. The summed E-state index contributed by atoms with van der Waals surface area (Å²) in [6.07, 6.45) is -8.09. The second-order valence-electron chi connectivity index (χ2n) is 17.8. The van der Waals surface area contributed by atoms with Crippen LogP contribution >= 0.6 is 15.2 Å². The van der Waals surface area contributed by atoms with Crippen LogP contribution in [0.15, 0.2) is 22.2 Å². The van der Waals surface area contributed by atoms with Crippen molar-refractivity contribution >= 4 is 61.3 Å². The van der Waals surface area contributed by atoms with Gasteiger partial charge in [0.2, 0.25) is 35.2 Å². The van der Waals surface area contributed by atoms with Gasteiger partial charge in [-0.1, -0.05) is 0 Å². The van der Waals surface area contributed by atoms with E-state index in [-0.39, 0.29) is 107 Å². The highest BCUT2D eigenvalue weighted by Crippen LogP contribution is 2.54. The molecular formula is C43H55F4N11O19P2. The smallest absolute Gasteiger partial charge is 0.328 e. The number of H-pyrrole nitrogens is 2. The summed E-state index contributed by atoms with van der Waals surface area (Å²) in [6, 6.07) is -1.28. The number of aromatic amines is 2. The SMILES string of the molecule is Cc1c(F)c(F)c(OC(=O)CCOCCOCCOCCOCCOCCC(=O)N[C@H]2C3OP(C)(=O)OC[C@H]4O[C@@H](n5cnc6c(=O)[nH]c(N)nc65)[C@@H](O)C4OP(C)(=O)OC[C@H]3O[C@H]2n2cnc3c(=O)[nH]c(N)nc32)c(F)c1F. The third kappa shape index (κ3) is 14.2. The summed E-state index contributed by atoms with van der Waals surface area (Å²) in [5.74, 6) is -10.8. The number of halogens is 4. The highest BCUT2D eigenvalue weighted by Gasteiger charge is 2.53. The first-order valence-electron chi connectivity index (χ1n) is 24.1. The van der Waals surface area contributed by atoms with Crippen molar-refractivity contribution in [3.63, 3.8) is 0 Å². The van der Waals surface area contributed by atoms with E-state index in [1.165, 1.54) is 21.8 Å². The van der Waals surface area contributed by atoms with Gasteiger partial charge < -0.3 is 73.4 Å². The van der Waals surface area contributed by atoms with Gasteiger partial charge in [0.05, 0.1) is 98.4 Å². The molecule has 8 rings (SSSR count). The zero-order valence-corrected chi connectivity index (χ0v) is 44.0. The van der Waals surface area contributed by atoms with E-state index in [0.29, 0.717) is 0 Å². The number of hydrogen-bond donors (Lipinski definition) is 6. The summed E-state index contributed by atoms with van der Waals surface area (Å²) in [6.45, 7) is 2.69. The molecule has 1 aromatic carbocycles. The number of nitrogens with two attached hydrogens (primary N) is 2. The Bertz CT molecular complexity index is 3200. The van der Waals surface area contributed by atoms with Crippen LogP contribution < -0.4 is 32.6 Å². The molecule has 8 N–H and O–H groups in total. The van der Waals surface area contributed by atoms with Gasteiger partial charge in [0.1, 0.15) is 36.6 Å². The monoisotopic (exact) mass is 1170 g/mol. The summed E-state index contributed by atoms with van der Waals surface area (Å²) in [5, 5.41) is 14.4. The quantitative estimate of drug-likeness (QED) is 0.0140. The number of hydrogen-bond acceptors (Lipinski definition) is 25. The molecule has 3 fully saturated rings. The first-order valence-corrected chi connectivity index (χ1v) is 28.1. The minimum absolute atomic E-state index is 0.0368. The number of nitrogens with one attached hydrogen (secondary N) is 3. The van der Waals surface area contributed by atoms with Crippen LogP contribution in [0.1, 0.15) is 30.9 Å². The topological polar surface area (TPSA) is 390 Å². The summed E-state index contributed by atoms with van der Waals surface area (Å²) in [7, 11) is -8.45. The summed E-state index contributed by atoms with van der Waals surface area (Å²) in [4.78, 5) is 72.0. The van der Waals surface area contributed by atoms with Gasteiger partial charge in [0.15, 0.2) is 46.4 Å². The Morgan fingerprint density at radius 1 is 0.696 bits per heavy atom. The van der Waals surface area contributed by atoms with Gasteiger partial charge in [-0.25, -0.2) is 18.7 Å². The van der Waals surface area contributed by atoms with Gasteiger partial charge in [-0.05, 0) is 6.92 Å².